The Bertz CT molecular complexity index is 1110. The van der Waals surface area contributed by atoms with Crippen molar-refractivity contribution in [3.05, 3.63) is 52.7 Å². The first-order valence-electron chi connectivity index (χ1n) is 10.8. The summed E-state index contributed by atoms with van der Waals surface area (Å²) in [6.07, 6.45) is 4.77. The Morgan fingerprint density at radius 3 is 2.84 bits per heavy atom. The predicted octanol–water partition coefficient (Wildman–Crippen LogP) is 4.22. The molecule has 166 valence electrons. The normalized spacial score (nSPS) is 17.6. The van der Waals surface area contributed by atoms with Gasteiger partial charge in [-0.15, -0.1) is 11.3 Å². The highest BCUT2D eigenvalue weighted by atomic mass is 32.1. The van der Waals surface area contributed by atoms with Crippen LogP contribution in [0.1, 0.15) is 35.4 Å². The molecule has 6 nitrogen and oxygen atoms in total. The smallest absolute Gasteiger partial charge is 0.224 e. The lowest BCUT2D eigenvalue weighted by atomic mass is 10.1. The van der Waals surface area contributed by atoms with E-state index in [4.69, 9.17) is 4.98 Å². The van der Waals surface area contributed by atoms with Gasteiger partial charge in [0.25, 0.3) is 0 Å². The molecule has 3 aromatic heterocycles. The largest absolute Gasteiger partial charge is 0.396 e. The van der Waals surface area contributed by atoms with Crippen LogP contribution in [0.2, 0.25) is 0 Å². The minimum absolute atomic E-state index is 0.235. The molecule has 32 heavy (non-hydrogen) atoms. The Morgan fingerprint density at radius 1 is 1.19 bits per heavy atom. The van der Waals surface area contributed by atoms with E-state index in [0.717, 1.165) is 51.8 Å². The number of thiol groups is 1. The number of hydrogen-bond donors (Lipinski definition) is 4. The van der Waals surface area contributed by atoms with E-state index in [1.165, 1.54) is 0 Å². The Hall–Kier alpha value is -2.60. The molecule has 0 amide bonds. The standard InChI is InChI=1S/C24H27N5OS2/c1-16-20(9-7-19-8-10-22(32-19)21-4-2-3-11-25-21)23(29-24(27-16)26-12-13-31)28-18-6-5-17(14-18)15-30/h2-4,8,10-11,17-18,30-31H,5-6,12-15H2,1H3,(H2,26,27,28,29)/t17-,18+/m1/s1. The van der Waals surface area contributed by atoms with Gasteiger partial charge in [0, 0.05) is 31.1 Å². The number of aryl methyl sites for hydroxylation is 1. The lowest BCUT2D eigenvalue weighted by molar-refractivity contribution is 0.229. The zero-order valence-corrected chi connectivity index (χ0v) is 19.7. The molecule has 3 heterocycles. The number of nitrogens with one attached hydrogen (secondary N) is 2. The van der Waals surface area contributed by atoms with Crippen molar-refractivity contribution in [2.45, 2.75) is 32.2 Å². The molecule has 0 spiro atoms. The number of aliphatic hydroxyl groups excluding tert-OH is 1. The highest BCUT2D eigenvalue weighted by Gasteiger charge is 2.25. The minimum atomic E-state index is 0.235. The van der Waals surface area contributed by atoms with Crippen molar-refractivity contribution in [3.63, 3.8) is 0 Å². The first-order chi connectivity index (χ1) is 15.7. The molecule has 1 fully saturated rings. The van der Waals surface area contributed by atoms with Gasteiger partial charge in [-0.1, -0.05) is 17.9 Å². The fraction of sp³-hybridized carbons (Fsp3) is 0.375. The van der Waals surface area contributed by atoms with Crippen LogP contribution in [0.25, 0.3) is 10.6 Å². The summed E-state index contributed by atoms with van der Waals surface area (Å²) in [7, 11) is 0. The van der Waals surface area contributed by atoms with Crippen LogP contribution in [0.4, 0.5) is 11.8 Å². The Balaban J connectivity index is 1.61. The summed E-state index contributed by atoms with van der Waals surface area (Å²) in [6.45, 7) is 2.88. The lowest BCUT2D eigenvalue weighted by Gasteiger charge is -2.17. The zero-order valence-electron chi connectivity index (χ0n) is 18.0. The van der Waals surface area contributed by atoms with E-state index in [2.05, 4.69) is 51.1 Å². The number of hydrogen-bond acceptors (Lipinski definition) is 8. The molecule has 4 rings (SSSR count). The summed E-state index contributed by atoms with van der Waals surface area (Å²) >= 11 is 5.88. The molecule has 8 heteroatoms. The van der Waals surface area contributed by atoms with Crippen LogP contribution in [0.3, 0.4) is 0 Å². The van der Waals surface area contributed by atoms with E-state index < -0.39 is 0 Å². The molecule has 0 aliphatic heterocycles. The maximum atomic E-state index is 9.49. The van der Waals surface area contributed by atoms with Crippen LogP contribution in [0.5, 0.6) is 0 Å². The molecule has 0 radical (unpaired) electrons. The van der Waals surface area contributed by atoms with Crippen LogP contribution in [-0.4, -0.2) is 45.0 Å². The molecular weight excluding hydrogens is 438 g/mol. The van der Waals surface area contributed by atoms with Crippen molar-refractivity contribution in [2.75, 3.05) is 29.5 Å². The Labute approximate surface area is 198 Å². The highest BCUT2D eigenvalue weighted by molar-refractivity contribution is 7.80. The first-order valence-corrected chi connectivity index (χ1v) is 12.2. The van der Waals surface area contributed by atoms with Crippen LogP contribution in [-0.2, 0) is 0 Å². The van der Waals surface area contributed by atoms with Gasteiger partial charge in [-0.25, -0.2) is 4.98 Å². The molecular formula is C24H27N5OS2. The number of pyridine rings is 1. The molecule has 1 aliphatic rings. The summed E-state index contributed by atoms with van der Waals surface area (Å²) in [5, 5.41) is 16.3. The fourth-order valence-electron chi connectivity index (χ4n) is 3.81. The van der Waals surface area contributed by atoms with Crippen LogP contribution < -0.4 is 10.6 Å². The van der Waals surface area contributed by atoms with Crippen LogP contribution in [0, 0.1) is 24.7 Å². The summed E-state index contributed by atoms with van der Waals surface area (Å²) in [6, 6.07) is 10.3. The molecule has 3 N–H and O–H groups in total. The van der Waals surface area contributed by atoms with Gasteiger partial charge >= 0.3 is 0 Å². The highest BCUT2D eigenvalue weighted by Crippen LogP contribution is 2.29. The number of anilines is 2. The molecule has 1 aliphatic carbocycles. The number of aromatic nitrogens is 3. The van der Waals surface area contributed by atoms with Gasteiger partial charge in [-0.3, -0.25) is 4.98 Å². The number of thiophene rings is 1. The van der Waals surface area contributed by atoms with Gasteiger partial charge in [0.1, 0.15) is 5.82 Å². The monoisotopic (exact) mass is 465 g/mol. The number of rotatable bonds is 7. The molecule has 1 saturated carbocycles. The Morgan fingerprint density at radius 2 is 2.09 bits per heavy atom. The average Bonchev–Trinajstić information content (AvgIpc) is 3.47. The van der Waals surface area contributed by atoms with E-state index >= 15 is 0 Å². The number of nitrogens with zero attached hydrogens (tertiary/aromatic N) is 3. The zero-order chi connectivity index (χ0) is 22.3. The topological polar surface area (TPSA) is 83.0 Å². The van der Waals surface area contributed by atoms with Gasteiger partial charge in [-0.05, 0) is 56.4 Å². The van der Waals surface area contributed by atoms with Crippen molar-refractivity contribution in [2.24, 2.45) is 5.92 Å². The summed E-state index contributed by atoms with van der Waals surface area (Å²) in [5.74, 6) is 8.97. The van der Waals surface area contributed by atoms with Crippen molar-refractivity contribution in [1.82, 2.24) is 15.0 Å². The average molecular weight is 466 g/mol. The van der Waals surface area contributed by atoms with Gasteiger partial charge in [0.2, 0.25) is 5.95 Å². The van der Waals surface area contributed by atoms with Crippen molar-refractivity contribution in [3.8, 4) is 22.4 Å². The van der Waals surface area contributed by atoms with E-state index in [-0.39, 0.29) is 12.6 Å². The first kappa shape index (κ1) is 22.6. The third-order valence-corrected chi connectivity index (χ3v) is 6.71. The van der Waals surface area contributed by atoms with Crippen molar-refractivity contribution in [1.29, 1.82) is 0 Å². The molecule has 0 saturated heterocycles. The second kappa shape index (κ2) is 10.8. The maximum Gasteiger partial charge on any atom is 0.224 e. The minimum Gasteiger partial charge on any atom is -0.396 e. The lowest BCUT2D eigenvalue weighted by Crippen LogP contribution is -2.20. The molecule has 2 atom stereocenters. The SMILES string of the molecule is Cc1nc(NCCS)nc(N[C@H]2CC[C@@H](CO)C2)c1C#Cc1ccc(-c2ccccn2)s1. The summed E-state index contributed by atoms with van der Waals surface area (Å²) in [5.41, 5.74) is 2.59. The molecule has 0 unspecified atom stereocenters. The quantitative estimate of drug-likeness (QED) is 0.309. The van der Waals surface area contributed by atoms with Crippen molar-refractivity contribution < 1.29 is 5.11 Å². The molecule has 0 aromatic carbocycles. The van der Waals surface area contributed by atoms with E-state index in [0.29, 0.717) is 24.2 Å². The molecule has 0 bridgehead atoms. The van der Waals surface area contributed by atoms with Crippen LogP contribution in [0.15, 0.2) is 36.5 Å². The third kappa shape index (κ3) is 5.60. The molecule has 3 aromatic rings. The van der Waals surface area contributed by atoms with Gasteiger partial charge in [0.05, 0.1) is 26.7 Å². The second-order valence-corrected chi connectivity index (χ2v) is 9.37. The van der Waals surface area contributed by atoms with E-state index in [1.54, 1.807) is 17.5 Å². The van der Waals surface area contributed by atoms with E-state index in [1.807, 2.05) is 31.2 Å². The van der Waals surface area contributed by atoms with Crippen molar-refractivity contribution >= 4 is 35.7 Å². The fourth-order valence-corrected chi connectivity index (χ4v) is 4.76. The van der Waals surface area contributed by atoms with Crippen LogP contribution >= 0.6 is 24.0 Å². The van der Waals surface area contributed by atoms with Gasteiger partial charge in [0.15, 0.2) is 0 Å². The summed E-state index contributed by atoms with van der Waals surface area (Å²) in [4.78, 5) is 15.8. The van der Waals surface area contributed by atoms with Gasteiger partial charge < -0.3 is 15.7 Å². The second-order valence-electron chi connectivity index (χ2n) is 7.84. The van der Waals surface area contributed by atoms with E-state index in [9.17, 15) is 5.11 Å². The number of aliphatic hydroxyl groups is 1. The Kier molecular flexibility index (Phi) is 7.63. The predicted molar refractivity (Wildman–Crippen MR) is 134 cm³/mol. The maximum absolute atomic E-state index is 9.49. The van der Waals surface area contributed by atoms with Gasteiger partial charge in [-0.2, -0.15) is 17.6 Å². The third-order valence-electron chi connectivity index (χ3n) is 5.46. The summed E-state index contributed by atoms with van der Waals surface area (Å²) < 4.78 is 0.